The highest BCUT2D eigenvalue weighted by molar-refractivity contribution is 6.11. The third kappa shape index (κ3) is 4.47. The Balaban J connectivity index is 1.34. The molecule has 0 spiro atoms. The second-order valence-corrected chi connectivity index (χ2v) is 9.62. The Morgan fingerprint density at radius 1 is 0.972 bits per heavy atom. The summed E-state index contributed by atoms with van der Waals surface area (Å²) in [6.07, 6.45) is 2.66. The maximum absolute atomic E-state index is 13.6. The molecule has 3 heterocycles. The van der Waals surface area contributed by atoms with E-state index in [2.05, 4.69) is 0 Å². The SMILES string of the molecule is CCOC(=O)C1CCN(C(=O)c2cccc(CN3C(=O)[C@@H]4CCCN4C(=O)c4ccccc43)c2)CC1. The second kappa shape index (κ2) is 10.1. The Morgan fingerprint density at radius 3 is 2.53 bits per heavy atom. The molecule has 3 aliphatic rings. The summed E-state index contributed by atoms with van der Waals surface area (Å²) < 4.78 is 5.13. The van der Waals surface area contributed by atoms with Gasteiger partial charge in [0.15, 0.2) is 0 Å². The number of hydrogen-bond donors (Lipinski definition) is 0. The zero-order valence-electron chi connectivity index (χ0n) is 20.5. The van der Waals surface area contributed by atoms with Crippen LogP contribution in [-0.4, -0.2) is 65.8 Å². The molecule has 0 bridgehead atoms. The molecule has 0 unspecified atom stereocenters. The number of likely N-dealkylation sites (tertiary alicyclic amines) is 1. The van der Waals surface area contributed by atoms with Crippen molar-refractivity contribution in [2.24, 2.45) is 5.92 Å². The summed E-state index contributed by atoms with van der Waals surface area (Å²) in [6.45, 7) is 4.03. The van der Waals surface area contributed by atoms with Gasteiger partial charge in [-0.3, -0.25) is 19.2 Å². The van der Waals surface area contributed by atoms with E-state index in [4.69, 9.17) is 4.74 Å². The number of para-hydroxylation sites is 1. The molecular weight excluding hydrogens is 458 g/mol. The van der Waals surface area contributed by atoms with E-state index in [0.29, 0.717) is 62.3 Å². The fraction of sp³-hybridized carbons (Fsp3) is 0.429. The molecule has 2 aromatic rings. The lowest BCUT2D eigenvalue weighted by Gasteiger charge is -2.31. The van der Waals surface area contributed by atoms with E-state index in [1.807, 2.05) is 36.4 Å². The van der Waals surface area contributed by atoms with Crippen molar-refractivity contribution in [2.45, 2.75) is 45.2 Å². The number of carbonyl (C=O) groups excluding carboxylic acids is 4. The number of hydrogen-bond acceptors (Lipinski definition) is 5. The molecule has 3 aliphatic heterocycles. The first-order chi connectivity index (χ1) is 17.5. The van der Waals surface area contributed by atoms with Crippen LogP contribution in [-0.2, 0) is 20.9 Å². The van der Waals surface area contributed by atoms with Crippen LogP contribution in [0, 0.1) is 5.92 Å². The summed E-state index contributed by atoms with van der Waals surface area (Å²) in [5, 5.41) is 0. The van der Waals surface area contributed by atoms with Crippen molar-refractivity contribution in [2.75, 3.05) is 31.1 Å². The number of amides is 3. The molecular formula is C28H31N3O5. The first-order valence-electron chi connectivity index (χ1n) is 12.7. The predicted octanol–water partition coefficient (Wildman–Crippen LogP) is 3.25. The quantitative estimate of drug-likeness (QED) is 0.602. The predicted molar refractivity (Wildman–Crippen MR) is 133 cm³/mol. The van der Waals surface area contributed by atoms with Crippen molar-refractivity contribution in [3.8, 4) is 0 Å². The molecule has 188 valence electrons. The van der Waals surface area contributed by atoms with Crippen molar-refractivity contribution < 1.29 is 23.9 Å². The van der Waals surface area contributed by atoms with Gasteiger partial charge >= 0.3 is 5.97 Å². The molecule has 5 rings (SSSR count). The van der Waals surface area contributed by atoms with Crippen LogP contribution in [0.4, 0.5) is 5.69 Å². The molecule has 0 aromatic heterocycles. The Morgan fingerprint density at radius 2 is 1.75 bits per heavy atom. The molecule has 0 saturated carbocycles. The van der Waals surface area contributed by atoms with Gasteiger partial charge < -0.3 is 19.4 Å². The minimum Gasteiger partial charge on any atom is -0.466 e. The number of esters is 1. The Kier molecular flexibility index (Phi) is 6.76. The average molecular weight is 490 g/mol. The zero-order chi connectivity index (χ0) is 25.2. The van der Waals surface area contributed by atoms with Crippen molar-refractivity contribution in [3.05, 3.63) is 65.2 Å². The highest BCUT2D eigenvalue weighted by Crippen LogP contribution is 2.33. The van der Waals surface area contributed by atoms with Gasteiger partial charge in [-0.15, -0.1) is 0 Å². The highest BCUT2D eigenvalue weighted by Gasteiger charge is 2.41. The monoisotopic (exact) mass is 489 g/mol. The number of ether oxygens (including phenoxy) is 1. The third-order valence-corrected chi connectivity index (χ3v) is 7.41. The molecule has 2 aromatic carbocycles. The number of rotatable bonds is 5. The van der Waals surface area contributed by atoms with Gasteiger partial charge in [-0.25, -0.2) is 0 Å². The van der Waals surface area contributed by atoms with Gasteiger partial charge in [0.25, 0.3) is 11.8 Å². The third-order valence-electron chi connectivity index (χ3n) is 7.41. The lowest BCUT2D eigenvalue weighted by molar-refractivity contribution is -0.149. The van der Waals surface area contributed by atoms with Crippen molar-refractivity contribution >= 4 is 29.4 Å². The fourth-order valence-corrected chi connectivity index (χ4v) is 5.52. The summed E-state index contributed by atoms with van der Waals surface area (Å²) in [6, 6.07) is 14.1. The summed E-state index contributed by atoms with van der Waals surface area (Å²) in [5.74, 6) is -0.609. The van der Waals surface area contributed by atoms with Crippen molar-refractivity contribution in [3.63, 3.8) is 0 Å². The van der Waals surface area contributed by atoms with Crippen LogP contribution >= 0.6 is 0 Å². The van der Waals surface area contributed by atoms with E-state index in [9.17, 15) is 19.2 Å². The van der Waals surface area contributed by atoms with Crippen LogP contribution in [0.1, 0.15) is 58.9 Å². The maximum Gasteiger partial charge on any atom is 0.309 e. The second-order valence-electron chi connectivity index (χ2n) is 9.62. The standard InChI is InChI=1S/C28H31N3O5/c1-2-36-28(35)20-12-15-29(16-13-20)25(32)21-8-5-7-19(17-21)18-31-23-10-4-3-9-22(23)26(33)30-14-6-11-24(30)27(31)34/h3-5,7-10,17,20,24H,2,6,11-16,18H2,1H3/t24-/m0/s1. The highest BCUT2D eigenvalue weighted by atomic mass is 16.5. The normalized spacial score (nSPS) is 20.1. The molecule has 2 fully saturated rings. The lowest BCUT2D eigenvalue weighted by atomic mass is 9.96. The van der Waals surface area contributed by atoms with Gasteiger partial charge in [-0.05, 0) is 62.4 Å². The molecule has 0 N–H and O–H groups in total. The van der Waals surface area contributed by atoms with Gasteiger partial charge in [0.05, 0.1) is 30.3 Å². The topological polar surface area (TPSA) is 87.2 Å². The van der Waals surface area contributed by atoms with Crippen LogP contribution in [0.3, 0.4) is 0 Å². The molecule has 8 nitrogen and oxygen atoms in total. The maximum atomic E-state index is 13.6. The van der Waals surface area contributed by atoms with Gasteiger partial charge in [-0.2, -0.15) is 0 Å². The summed E-state index contributed by atoms with van der Waals surface area (Å²) in [7, 11) is 0. The van der Waals surface area contributed by atoms with Crippen LogP contribution in [0.25, 0.3) is 0 Å². The Labute approximate surface area is 210 Å². The number of nitrogens with zero attached hydrogens (tertiary/aromatic N) is 3. The van der Waals surface area contributed by atoms with Gasteiger partial charge in [0.1, 0.15) is 6.04 Å². The number of piperidine rings is 1. The molecule has 0 radical (unpaired) electrons. The lowest BCUT2D eigenvalue weighted by Crippen LogP contribution is -2.44. The summed E-state index contributed by atoms with van der Waals surface area (Å²) in [5.41, 5.74) is 2.52. The van der Waals surface area contributed by atoms with Crippen molar-refractivity contribution in [1.82, 2.24) is 9.80 Å². The average Bonchev–Trinajstić information content (AvgIpc) is 3.38. The van der Waals surface area contributed by atoms with E-state index < -0.39 is 6.04 Å². The summed E-state index contributed by atoms with van der Waals surface area (Å²) >= 11 is 0. The minimum absolute atomic E-state index is 0.0800. The largest absolute Gasteiger partial charge is 0.466 e. The number of carbonyl (C=O) groups is 4. The van der Waals surface area contributed by atoms with Crippen LogP contribution in [0.2, 0.25) is 0 Å². The van der Waals surface area contributed by atoms with Crippen molar-refractivity contribution in [1.29, 1.82) is 0 Å². The number of benzene rings is 2. The van der Waals surface area contributed by atoms with Gasteiger partial charge in [0.2, 0.25) is 5.91 Å². The smallest absolute Gasteiger partial charge is 0.309 e. The first kappa shape index (κ1) is 24.0. The number of anilines is 1. The van der Waals surface area contributed by atoms with Crippen LogP contribution in [0.15, 0.2) is 48.5 Å². The number of fused-ring (bicyclic) bond motifs is 2. The van der Waals surface area contributed by atoms with E-state index in [1.165, 1.54) is 0 Å². The minimum atomic E-state index is -0.449. The molecule has 36 heavy (non-hydrogen) atoms. The Hall–Kier alpha value is -3.68. The molecule has 0 aliphatic carbocycles. The van der Waals surface area contributed by atoms with Gasteiger partial charge in [0, 0.05) is 25.2 Å². The molecule has 1 atom stereocenters. The van der Waals surface area contributed by atoms with E-state index in [0.717, 1.165) is 12.0 Å². The molecule has 2 saturated heterocycles. The summed E-state index contributed by atoms with van der Waals surface area (Å²) in [4.78, 5) is 57.1. The zero-order valence-corrected chi connectivity index (χ0v) is 20.5. The van der Waals surface area contributed by atoms with Gasteiger partial charge in [-0.1, -0.05) is 24.3 Å². The van der Waals surface area contributed by atoms with Crippen LogP contribution < -0.4 is 4.90 Å². The molecule has 3 amide bonds. The van der Waals surface area contributed by atoms with E-state index in [-0.39, 0.29) is 36.2 Å². The Bertz CT molecular complexity index is 1190. The van der Waals surface area contributed by atoms with E-state index >= 15 is 0 Å². The fourth-order valence-electron chi connectivity index (χ4n) is 5.52. The first-order valence-corrected chi connectivity index (χ1v) is 12.7. The van der Waals surface area contributed by atoms with Crippen LogP contribution in [0.5, 0.6) is 0 Å². The van der Waals surface area contributed by atoms with E-state index in [1.54, 1.807) is 33.8 Å². The molecule has 8 heteroatoms.